The molecule has 0 unspecified atom stereocenters. The van der Waals surface area contributed by atoms with Gasteiger partial charge in [-0.3, -0.25) is 0 Å². The number of halogens is 3. The Morgan fingerprint density at radius 1 is 1.33 bits per heavy atom. The van der Waals surface area contributed by atoms with Gasteiger partial charge in [-0.15, -0.1) is 0 Å². The summed E-state index contributed by atoms with van der Waals surface area (Å²) in [5.74, 6) is 0.364. The van der Waals surface area contributed by atoms with Gasteiger partial charge in [0.1, 0.15) is 5.75 Å². The minimum Gasteiger partial charge on any atom is -0.497 e. The quantitative estimate of drug-likeness (QED) is 0.637. The molecule has 4 heteroatoms. The van der Waals surface area contributed by atoms with Gasteiger partial charge in [-0.25, -0.2) is 0 Å². The van der Waals surface area contributed by atoms with Crippen LogP contribution in [0.2, 0.25) is 0 Å². The zero-order valence-corrected chi connectivity index (χ0v) is 6.27. The lowest BCUT2D eigenvalue weighted by Crippen LogP contribution is -2.04. The number of hydrogen-bond acceptors (Lipinski definition) is 1. The largest absolute Gasteiger partial charge is 0.497 e. The maximum atomic E-state index is 12.0. The molecule has 0 N–H and O–H groups in total. The highest BCUT2D eigenvalue weighted by molar-refractivity contribution is 5.27. The van der Waals surface area contributed by atoms with Crippen LogP contribution in [0.3, 0.4) is 0 Å². The van der Waals surface area contributed by atoms with Crippen molar-refractivity contribution in [3.63, 3.8) is 0 Å². The Labute approximate surface area is 67.8 Å². The summed E-state index contributed by atoms with van der Waals surface area (Å²) in [5, 5.41) is 0. The third kappa shape index (κ3) is 1.90. The van der Waals surface area contributed by atoms with Crippen LogP contribution in [0, 0.1) is 6.07 Å². The van der Waals surface area contributed by atoms with Gasteiger partial charge in [0.15, 0.2) is 0 Å². The second-order valence-electron chi connectivity index (χ2n) is 2.14. The molecule has 0 saturated carbocycles. The molecule has 0 bridgehead atoms. The van der Waals surface area contributed by atoms with Crippen molar-refractivity contribution >= 4 is 0 Å². The lowest BCUT2D eigenvalue weighted by Gasteiger charge is -2.05. The van der Waals surface area contributed by atoms with Crippen LogP contribution in [0.15, 0.2) is 18.2 Å². The van der Waals surface area contributed by atoms with E-state index >= 15 is 0 Å². The summed E-state index contributed by atoms with van der Waals surface area (Å²) in [7, 11) is 1.39. The smallest absolute Gasteiger partial charge is 0.417 e. The van der Waals surface area contributed by atoms with Gasteiger partial charge in [0, 0.05) is 0 Å². The van der Waals surface area contributed by atoms with E-state index in [1.165, 1.54) is 13.2 Å². The third-order valence-electron chi connectivity index (χ3n) is 1.33. The van der Waals surface area contributed by atoms with Gasteiger partial charge in [-0.1, -0.05) is 0 Å². The van der Waals surface area contributed by atoms with E-state index in [0.717, 1.165) is 12.1 Å². The van der Waals surface area contributed by atoms with Gasteiger partial charge in [-0.2, -0.15) is 13.2 Å². The average Bonchev–Trinajstić information content (AvgIpc) is 2.03. The van der Waals surface area contributed by atoms with E-state index < -0.39 is 11.7 Å². The van der Waals surface area contributed by atoms with E-state index in [9.17, 15) is 13.2 Å². The van der Waals surface area contributed by atoms with Gasteiger partial charge in [0.25, 0.3) is 0 Å². The van der Waals surface area contributed by atoms with Crippen LogP contribution in [0.1, 0.15) is 5.56 Å². The molecule has 1 aromatic rings. The van der Waals surface area contributed by atoms with Gasteiger partial charge in [0.2, 0.25) is 0 Å². The third-order valence-corrected chi connectivity index (χ3v) is 1.33. The molecule has 1 radical (unpaired) electrons. The van der Waals surface area contributed by atoms with E-state index in [1.807, 2.05) is 0 Å². The van der Waals surface area contributed by atoms with Gasteiger partial charge >= 0.3 is 6.18 Å². The zero-order valence-electron chi connectivity index (χ0n) is 6.27. The van der Waals surface area contributed by atoms with E-state index in [1.54, 1.807) is 0 Å². The van der Waals surface area contributed by atoms with Crippen molar-refractivity contribution in [1.29, 1.82) is 0 Å². The highest BCUT2D eigenvalue weighted by Crippen LogP contribution is 2.29. The highest BCUT2D eigenvalue weighted by atomic mass is 19.4. The number of benzene rings is 1. The SMILES string of the molecule is COc1c[c]c(C(F)(F)F)cc1. The Kier molecular flexibility index (Phi) is 2.26. The van der Waals surface area contributed by atoms with Crippen molar-refractivity contribution in [2.75, 3.05) is 7.11 Å². The molecule has 12 heavy (non-hydrogen) atoms. The second kappa shape index (κ2) is 3.05. The first-order chi connectivity index (χ1) is 5.54. The first-order valence-corrected chi connectivity index (χ1v) is 3.17. The molecule has 0 fully saturated rings. The van der Waals surface area contributed by atoms with E-state index in [2.05, 4.69) is 10.8 Å². The summed E-state index contributed by atoms with van der Waals surface area (Å²) >= 11 is 0. The first-order valence-electron chi connectivity index (χ1n) is 3.17. The Bertz CT molecular complexity index is 250. The second-order valence-corrected chi connectivity index (χ2v) is 2.14. The van der Waals surface area contributed by atoms with Crippen LogP contribution in [0.5, 0.6) is 5.75 Å². The molecule has 0 heterocycles. The molecule has 1 rings (SSSR count). The predicted molar refractivity (Wildman–Crippen MR) is 36.8 cm³/mol. The Hall–Kier alpha value is -1.19. The van der Waals surface area contributed by atoms with Gasteiger partial charge in [0.05, 0.1) is 12.7 Å². The predicted octanol–water partition coefficient (Wildman–Crippen LogP) is 2.51. The minimum atomic E-state index is -4.33. The van der Waals surface area contributed by atoms with Crippen molar-refractivity contribution in [3.05, 3.63) is 29.8 Å². The summed E-state index contributed by atoms with van der Waals surface area (Å²) in [6.45, 7) is 0. The van der Waals surface area contributed by atoms with Crippen molar-refractivity contribution in [2.24, 2.45) is 0 Å². The van der Waals surface area contributed by atoms with Gasteiger partial charge < -0.3 is 4.74 Å². The van der Waals surface area contributed by atoms with E-state index in [4.69, 9.17) is 0 Å². The van der Waals surface area contributed by atoms with Gasteiger partial charge in [-0.05, 0) is 24.3 Å². The molecular weight excluding hydrogens is 169 g/mol. The minimum absolute atomic E-state index is 0.364. The Morgan fingerprint density at radius 2 is 2.00 bits per heavy atom. The molecule has 0 aliphatic heterocycles. The maximum Gasteiger partial charge on any atom is 0.417 e. The van der Waals surface area contributed by atoms with Crippen LogP contribution in [0.4, 0.5) is 13.2 Å². The Morgan fingerprint density at radius 3 is 2.33 bits per heavy atom. The fourth-order valence-corrected chi connectivity index (χ4v) is 0.714. The molecule has 65 valence electrons. The summed E-state index contributed by atoms with van der Waals surface area (Å²) in [5.41, 5.74) is -0.789. The molecule has 0 saturated heterocycles. The average molecular weight is 175 g/mol. The number of hydrogen-bond donors (Lipinski definition) is 0. The molecule has 0 spiro atoms. The molecule has 0 aromatic heterocycles. The summed E-state index contributed by atoms with van der Waals surface area (Å²) in [6.07, 6.45) is -4.33. The number of ether oxygens (including phenoxy) is 1. The topological polar surface area (TPSA) is 9.23 Å². The molecule has 0 amide bonds. The Balaban J connectivity index is 2.93. The standard InChI is InChI=1S/C8H6F3O/c1-12-7-4-2-6(3-5-7)8(9,10)11/h2,4-5H,1H3. The number of methoxy groups -OCH3 is 1. The molecule has 0 aliphatic rings. The molecule has 0 aliphatic carbocycles. The van der Waals surface area contributed by atoms with Crippen LogP contribution in [-0.4, -0.2) is 7.11 Å². The van der Waals surface area contributed by atoms with E-state index in [-0.39, 0.29) is 0 Å². The van der Waals surface area contributed by atoms with Crippen molar-refractivity contribution in [3.8, 4) is 5.75 Å². The molecule has 1 aromatic carbocycles. The summed E-state index contributed by atoms with van der Waals surface area (Å²) in [4.78, 5) is 0. The molecular formula is C8H6F3O. The summed E-state index contributed by atoms with van der Waals surface area (Å²) < 4.78 is 40.5. The van der Waals surface area contributed by atoms with Crippen LogP contribution >= 0.6 is 0 Å². The monoisotopic (exact) mass is 175 g/mol. The maximum absolute atomic E-state index is 12.0. The lowest BCUT2D eigenvalue weighted by molar-refractivity contribution is -0.137. The molecule has 1 nitrogen and oxygen atoms in total. The van der Waals surface area contributed by atoms with Crippen LogP contribution in [-0.2, 0) is 6.18 Å². The fraction of sp³-hybridized carbons (Fsp3) is 0.250. The fourth-order valence-electron chi connectivity index (χ4n) is 0.714. The van der Waals surface area contributed by atoms with Crippen LogP contribution in [0.25, 0.3) is 0 Å². The van der Waals surface area contributed by atoms with Crippen molar-refractivity contribution in [2.45, 2.75) is 6.18 Å². The van der Waals surface area contributed by atoms with E-state index in [0.29, 0.717) is 5.75 Å². The van der Waals surface area contributed by atoms with Crippen LogP contribution < -0.4 is 4.74 Å². The number of alkyl halides is 3. The zero-order chi connectivity index (χ0) is 9.19. The highest BCUT2D eigenvalue weighted by Gasteiger charge is 2.30. The van der Waals surface area contributed by atoms with Crippen molar-refractivity contribution in [1.82, 2.24) is 0 Å². The van der Waals surface area contributed by atoms with Crippen molar-refractivity contribution < 1.29 is 17.9 Å². The molecule has 0 atom stereocenters. The summed E-state index contributed by atoms with van der Waals surface area (Å²) in [6, 6.07) is 5.41. The number of rotatable bonds is 1. The normalized spacial score (nSPS) is 11.3. The lowest BCUT2D eigenvalue weighted by atomic mass is 10.2. The first kappa shape index (κ1) is 8.90.